The van der Waals surface area contributed by atoms with Crippen LogP contribution in [0.15, 0.2) is 60.7 Å². The zero-order valence-electron chi connectivity index (χ0n) is 10.4. The van der Waals surface area contributed by atoms with Crippen molar-refractivity contribution < 1.29 is 4.79 Å². The van der Waals surface area contributed by atoms with E-state index in [-0.39, 0.29) is 5.78 Å². The van der Waals surface area contributed by atoms with Gasteiger partial charge >= 0.3 is 0 Å². The quantitative estimate of drug-likeness (QED) is 0.581. The third kappa shape index (κ3) is 2.43. The second-order valence-electron chi connectivity index (χ2n) is 4.52. The summed E-state index contributed by atoms with van der Waals surface area (Å²) in [6.45, 7) is 0. The predicted octanol–water partition coefficient (Wildman–Crippen LogP) is 5.38. The fraction of sp³-hybridized carbons (Fsp3) is 0. The fourth-order valence-corrected chi connectivity index (χ4v) is 2.53. The van der Waals surface area contributed by atoms with Crippen LogP contribution in [0.5, 0.6) is 0 Å². The molecule has 3 heteroatoms. The van der Waals surface area contributed by atoms with Crippen molar-refractivity contribution in [3.05, 3.63) is 81.8 Å². The summed E-state index contributed by atoms with van der Waals surface area (Å²) in [6, 6.07) is 18.4. The van der Waals surface area contributed by atoms with Crippen molar-refractivity contribution in [2.75, 3.05) is 0 Å². The molecule has 3 aromatic carbocycles. The molecule has 0 bridgehead atoms. The van der Waals surface area contributed by atoms with E-state index in [0.717, 1.165) is 10.8 Å². The van der Waals surface area contributed by atoms with Gasteiger partial charge in [-0.3, -0.25) is 4.79 Å². The van der Waals surface area contributed by atoms with E-state index in [0.29, 0.717) is 21.2 Å². The highest BCUT2D eigenvalue weighted by molar-refractivity contribution is 6.36. The molecule has 0 heterocycles. The van der Waals surface area contributed by atoms with Crippen molar-refractivity contribution in [1.82, 2.24) is 0 Å². The zero-order chi connectivity index (χ0) is 14.1. The molecule has 0 spiro atoms. The molecule has 0 amide bonds. The third-order valence-electron chi connectivity index (χ3n) is 3.18. The van der Waals surface area contributed by atoms with Gasteiger partial charge in [0, 0.05) is 16.1 Å². The van der Waals surface area contributed by atoms with Crippen LogP contribution in [-0.2, 0) is 0 Å². The Bertz CT molecular complexity index is 809. The Kier molecular flexibility index (Phi) is 3.47. The van der Waals surface area contributed by atoms with E-state index in [9.17, 15) is 4.79 Å². The molecule has 0 radical (unpaired) electrons. The van der Waals surface area contributed by atoms with Crippen molar-refractivity contribution in [2.45, 2.75) is 0 Å². The molecule has 0 aliphatic carbocycles. The largest absolute Gasteiger partial charge is 0.289 e. The summed E-state index contributed by atoms with van der Waals surface area (Å²) in [6.07, 6.45) is 0. The number of halogens is 2. The summed E-state index contributed by atoms with van der Waals surface area (Å²) < 4.78 is 0. The lowest BCUT2D eigenvalue weighted by molar-refractivity contribution is 0.103. The maximum absolute atomic E-state index is 12.5. The lowest BCUT2D eigenvalue weighted by Crippen LogP contribution is -2.02. The molecule has 0 aromatic heterocycles. The second kappa shape index (κ2) is 5.28. The van der Waals surface area contributed by atoms with Crippen LogP contribution in [0.25, 0.3) is 10.8 Å². The zero-order valence-corrected chi connectivity index (χ0v) is 11.9. The van der Waals surface area contributed by atoms with E-state index in [1.165, 1.54) is 0 Å². The lowest BCUT2D eigenvalue weighted by Gasteiger charge is -2.06. The summed E-state index contributed by atoms with van der Waals surface area (Å²) >= 11 is 12.0. The summed E-state index contributed by atoms with van der Waals surface area (Å²) in [7, 11) is 0. The molecule has 0 fully saturated rings. The fourth-order valence-electron chi connectivity index (χ4n) is 2.16. The molecular weight excluding hydrogens is 291 g/mol. The monoisotopic (exact) mass is 300 g/mol. The summed E-state index contributed by atoms with van der Waals surface area (Å²) in [5, 5.41) is 3.03. The van der Waals surface area contributed by atoms with Crippen LogP contribution >= 0.6 is 23.2 Å². The van der Waals surface area contributed by atoms with Gasteiger partial charge in [0.2, 0.25) is 0 Å². The standard InChI is InChI=1S/C17H10Cl2O/c18-14-7-8-16(19)15(10-14)17(20)13-6-5-11-3-1-2-4-12(11)9-13/h1-10H. The minimum Gasteiger partial charge on any atom is -0.289 e. The van der Waals surface area contributed by atoms with E-state index in [2.05, 4.69) is 0 Å². The summed E-state index contributed by atoms with van der Waals surface area (Å²) in [5.74, 6) is -0.122. The van der Waals surface area contributed by atoms with E-state index in [4.69, 9.17) is 23.2 Å². The summed E-state index contributed by atoms with van der Waals surface area (Å²) in [5.41, 5.74) is 1.03. The van der Waals surface area contributed by atoms with Crippen molar-refractivity contribution in [2.24, 2.45) is 0 Å². The second-order valence-corrected chi connectivity index (χ2v) is 5.36. The first-order chi connectivity index (χ1) is 9.65. The molecule has 3 rings (SSSR count). The first-order valence-electron chi connectivity index (χ1n) is 6.14. The number of carbonyl (C=O) groups excluding carboxylic acids is 1. The van der Waals surface area contributed by atoms with Gasteiger partial charge in [0.1, 0.15) is 0 Å². The van der Waals surface area contributed by atoms with Crippen LogP contribution in [-0.4, -0.2) is 5.78 Å². The molecule has 3 aromatic rings. The molecule has 98 valence electrons. The Morgan fingerprint density at radius 1 is 0.800 bits per heavy atom. The molecule has 0 atom stereocenters. The maximum Gasteiger partial charge on any atom is 0.194 e. The molecule has 0 aliphatic rings. The number of rotatable bonds is 2. The molecule has 0 saturated heterocycles. The Hall–Kier alpha value is -1.83. The van der Waals surface area contributed by atoms with E-state index < -0.39 is 0 Å². The molecular formula is C17H10Cl2O. The highest BCUT2D eigenvalue weighted by atomic mass is 35.5. The number of hydrogen-bond acceptors (Lipinski definition) is 1. The number of carbonyl (C=O) groups is 1. The number of benzene rings is 3. The van der Waals surface area contributed by atoms with Crippen LogP contribution in [0.3, 0.4) is 0 Å². The molecule has 20 heavy (non-hydrogen) atoms. The summed E-state index contributed by atoms with van der Waals surface area (Å²) in [4.78, 5) is 12.5. The molecule has 0 unspecified atom stereocenters. The van der Waals surface area contributed by atoms with E-state index in [1.807, 2.05) is 42.5 Å². The number of ketones is 1. The molecule has 0 aliphatic heterocycles. The van der Waals surface area contributed by atoms with Crippen molar-refractivity contribution >= 4 is 39.8 Å². The molecule has 1 nitrogen and oxygen atoms in total. The van der Waals surface area contributed by atoms with Crippen LogP contribution in [0.2, 0.25) is 10.0 Å². The Balaban J connectivity index is 2.10. The van der Waals surface area contributed by atoms with Gasteiger partial charge in [-0.1, -0.05) is 59.6 Å². The number of fused-ring (bicyclic) bond motifs is 1. The molecule has 0 N–H and O–H groups in total. The Labute approximate surface area is 126 Å². The van der Waals surface area contributed by atoms with Gasteiger partial charge in [0.15, 0.2) is 5.78 Å². The highest BCUT2D eigenvalue weighted by Gasteiger charge is 2.13. The third-order valence-corrected chi connectivity index (χ3v) is 3.75. The van der Waals surface area contributed by atoms with Crippen molar-refractivity contribution in [1.29, 1.82) is 0 Å². The van der Waals surface area contributed by atoms with Crippen molar-refractivity contribution in [3.63, 3.8) is 0 Å². The van der Waals surface area contributed by atoms with E-state index >= 15 is 0 Å². The van der Waals surface area contributed by atoms with Gasteiger partial charge in [-0.05, 0) is 35.0 Å². The lowest BCUT2D eigenvalue weighted by atomic mass is 10.00. The van der Waals surface area contributed by atoms with Crippen LogP contribution in [0.4, 0.5) is 0 Å². The topological polar surface area (TPSA) is 17.1 Å². The minimum absolute atomic E-state index is 0.122. The van der Waals surface area contributed by atoms with Gasteiger partial charge in [-0.25, -0.2) is 0 Å². The highest BCUT2D eigenvalue weighted by Crippen LogP contribution is 2.25. The van der Waals surface area contributed by atoms with Crippen molar-refractivity contribution in [3.8, 4) is 0 Å². The maximum atomic E-state index is 12.5. The van der Waals surface area contributed by atoms with Gasteiger partial charge in [-0.15, -0.1) is 0 Å². The smallest absolute Gasteiger partial charge is 0.194 e. The first kappa shape index (κ1) is 13.2. The van der Waals surface area contributed by atoms with Gasteiger partial charge < -0.3 is 0 Å². The van der Waals surface area contributed by atoms with Crippen LogP contribution in [0, 0.1) is 0 Å². The number of hydrogen-bond donors (Lipinski definition) is 0. The minimum atomic E-state index is -0.122. The van der Waals surface area contributed by atoms with Gasteiger partial charge in [0.05, 0.1) is 5.02 Å². The first-order valence-corrected chi connectivity index (χ1v) is 6.89. The van der Waals surface area contributed by atoms with Gasteiger partial charge in [-0.2, -0.15) is 0 Å². The van der Waals surface area contributed by atoms with Crippen LogP contribution in [0.1, 0.15) is 15.9 Å². The average Bonchev–Trinajstić information content (AvgIpc) is 2.48. The normalized spacial score (nSPS) is 10.7. The van der Waals surface area contributed by atoms with Crippen LogP contribution < -0.4 is 0 Å². The SMILES string of the molecule is O=C(c1ccc2ccccc2c1)c1cc(Cl)ccc1Cl. The Morgan fingerprint density at radius 3 is 2.35 bits per heavy atom. The van der Waals surface area contributed by atoms with E-state index in [1.54, 1.807) is 18.2 Å². The average molecular weight is 301 g/mol. The Morgan fingerprint density at radius 2 is 1.55 bits per heavy atom. The van der Waals surface area contributed by atoms with Gasteiger partial charge in [0.25, 0.3) is 0 Å². The predicted molar refractivity (Wildman–Crippen MR) is 83.8 cm³/mol. The molecule has 0 saturated carbocycles.